The molecule has 3 heteroatoms. The van der Waals surface area contributed by atoms with Gasteiger partial charge in [-0.25, -0.2) is 9.50 Å². The highest BCUT2D eigenvalue weighted by atomic mass is 15.3. The number of hydrogen-bond donors (Lipinski definition) is 0. The smallest absolute Gasteiger partial charge is 0.163 e. The molecule has 0 saturated carbocycles. The molecule has 0 saturated heterocycles. The topological polar surface area (TPSA) is 30.2 Å². The lowest BCUT2D eigenvalue weighted by Gasteiger charge is -2.18. The van der Waals surface area contributed by atoms with Gasteiger partial charge in [0.2, 0.25) is 0 Å². The molecule has 0 aliphatic heterocycles. The lowest BCUT2D eigenvalue weighted by atomic mass is 9.95. The van der Waals surface area contributed by atoms with Crippen molar-refractivity contribution >= 4 is 5.65 Å². The predicted molar refractivity (Wildman–Crippen MR) is 84.5 cm³/mol. The summed E-state index contributed by atoms with van der Waals surface area (Å²) in [4.78, 5) is 4.89. The summed E-state index contributed by atoms with van der Waals surface area (Å²) in [5.74, 6) is 0. The number of aryl methyl sites for hydroxylation is 3. The van der Waals surface area contributed by atoms with Crippen LogP contribution in [0.3, 0.4) is 0 Å². The molecule has 1 aliphatic carbocycles. The molecule has 0 bridgehead atoms. The van der Waals surface area contributed by atoms with E-state index in [1.165, 1.54) is 40.9 Å². The maximum atomic E-state index is 4.89. The molecule has 0 atom stereocenters. The van der Waals surface area contributed by atoms with Gasteiger partial charge in [0.05, 0.1) is 5.69 Å². The number of benzene rings is 1. The minimum atomic E-state index is 1.01. The van der Waals surface area contributed by atoms with Crippen molar-refractivity contribution < 1.29 is 0 Å². The van der Waals surface area contributed by atoms with E-state index >= 15 is 0 Å². The molecule has 0 radical (unpaired) electrons. The zero-order valence-corrected chi connectivity index (χ0v) is 12.6. The van der Waals surface area contributed by atoms with Crippen LogP contribution in [0.4, 0.5) is 0 Å². The van der Waals surface area contributed by atoms with Crippen molar-refractivity contribution in [2.24, 2.45) is 0 Å². The van der Waals surface area contributed by atoms with Crippen LogP contribution < -0.4 is 0 Å². The second-order valence-electron chi connectivity index (χ2n) is 5.89. The van der Waals surface area contributed by atoms with Gasteiger partial charge in [-0.15, -0.1) is 0 Å². The van der Waals surface area contributed by atoms with E-state index in [1.807, 2.05) is 6.07 Å². The monoisotopic (exact) mass is 277 g/mol. The predicted octanol–water partition coefficient (Wildman–Crippen LogP) is 3.89. The van der Waals surface area contributed by atoms with Crippen LogP contribution in [0, 0.1) is 13.8 Å². The van der Waals surface area contributed by atoms with Crippen molar-refractivity contribution in [3.8, 4) is 11.1 Å². The van der Waals surface area contributed by atoms with Gasteiger partial charge in [0.25, 0.3) is 0 Å². The lowest BCUT2D eigenvalue weighted by molar-refractivity contribution is 0.634. The molecule has 0 spiro atoms. The van der Waals surface area contributed by atoms with E-state index in [9.17, 15) is 0 Å². The molecule has 2 heterocycles. The van der Waals surface area contributed by atoms with Gasteiger partial charge in [-0.3, -0.25) is 0 Å². The Kier molecular flexibility index (Phi) is 2.81. The third-order valence-electron chi connectivity index (χ3n) is 4.50. The van der Waals surface area contributed by atoms with Crippen molar-refractivity contribution in [3.63, 3.8) is 0 Å². The number of aromatic nitrogens is 3. The number of rotatable bonds is 1. The van der Waals surface area contributed by atoms with Gasteiger partial charge in [0.1, 0.15) is 0 Å². The Balaban J connectivity index is 2.06. The van der Waals surface area contributed by atoms with Gasteiger partial charge in [-0.2, -0.15) is 5.10 Å². The SMILES string of the molecule is Cc1nc2c(-c3ccccc3)c(C)nn2c2c1CCCC2. The highest BCUT2D eigenvalue weighted by molar-refractivity contribution is 5.80. The Morgan fingerprint density at radius 2 is 1.71 bits per heavy atom. The third kappa shape index (κ3) is 1.88. The molecule has 1 aliphatic rings. The van der Waals surface area contributed by atoms with Crippen molar-refractivity contribution in [3.05, 3.63) is 53.0 Å². The quantitative estimate of drug-likeness (QED) is 0.675. The van der Waals surface area contributed by atoms with Gasteiger partial charge in [0, 0.05) is 17.0 Å². The summed E-state index contributed by atoms with van der Waals surface area (Å²) in [5, 5.41) is 4.80. The van der Waals surface area contributed by atoms with Crippen LogP contribution in [0.1, 0.15) is 35.5 Å². The first kappa shape index (κ1) is 12.6. The molecule has 2 aromatic heterocycles. The highest BCUT2D eigenvalue weighted by Gasteiger charge is 2.21. The van der Waals surface area contributed by atoms with Gasteiger partial charge >= 0.3 is 0 Å². The maximum Gasteiger partial charge on any atom is 0.163 e. The molecule has 0 fully saturated rings. The molecule has 4 rings (SSSR count). The van der Waals surface area contributed by atoms with Crippen LogP contribution in [0.5, 0.6) is 0 Å². The van der Waals surface area contributed by atoms with Crippen LogP contribution >= 0.6 is 0 Å². The average molecular weight is 277 g/mol. The van der Waals surface area contributed by atoms with Crippen LogP contribution in [-0.4, -0.2) is 14.6 Å². The van der Waals surface area contributed by atoms with Gasteiger partial charge in [0.15, 0.2) is 5.65 Å². The first-order valence-corrected chi connectivity index (χ1v) is 7.69. The minimum absolute atomic E-state index is 1.01. The molecular weight excluding hydrogens is 258 g/mol. The zero-order valence-electron chi connectivity index (χ0n) is 12.6. The highest BCUT2D eigenvalue weighted by Crippen LogP contribution is 2.31. The molecule has 0 amide bonds. The summed E-state index contributed by atoms with van der Waals surface area (Å²) in [6.07, 6.45) is 4.78. The van der Waals surface area contributed by atoms with E-state index in [-0.39, 0.29) is 0 Å². The zero-order chi connectivity index (χ0) is 14.4. The van der Waals surface area contributed by atoms with E-state index in [1.54, 1.807) is 0 Å². The fourth-order valence-corrected chi connectivity index (χ4v) is 3.49. The van der Waals surface area contributed by atoms with Crippen molar-refractivity contribution in [1.82, 2.24) is 14.6 Å². The van der Waals surface area contributed by atoms with Crippen LogP contribution in [0.25, 0.3) is 16.8 Å². The largest absolute Gasteiger partial charge is 0.233 e. The number of hydrogen-bond acceptors (Lipinski definition) is 2. The summed E-state index contributed by atoms with van der Waals surface area (Å²) in [6.45, 7) is 4.23. The second kappa shape index (κ2) is 4.69. The van der Waals surface area contributed by atoms with E-state index in [2.05, 4.69) is 42.6 Å². The van der Waals surface area contributed by atoms with Gasteiger partial charge in [-0.05, 0) is 50.7 Å². The molecule has 3 aromatic rings. The van der Waals surface area contributed by atoms with Crippen molar-refractivity contribution in [2.45, 2.75) is 39.5 Å². The van der Waals surface area contributed by atoms with E-state index < -0.39 is 0 Å². The summed E-state index contributed by atoms with van der Waals surface area (Å²) in [6, 6.07) is 10.5. The summed E-state index contributed by atoms with van der Waals surface area (Å²) in [7, 11) is 0. The van der Waals surface area contributed by atoms with Crippen LogP contribution in [0.15, 0.2) is 30.3 Å². The number of fused-ring (bicyclic) bond motifs is 3. The molecular formula is C18H19N3. The molecule has 0 N–H and O–H groups in total. The van der Waals surface area contributed by atoms with Gasteiger partial charge in [-0.1, -0.05) is 30.3 Å². The molecule has 3 nitrogen and oxygen atoms in total. The molecule has 1 aromatic carbocycles. The Morgan fingerprint density at radius 1 is 0.952 bits per heavy atom. The van der Waals surface area contributed by atoms with E-state index in [0.717, 1.165) is 24.2 Å². The molecule has 0 unspecified atom stereocenters. The van der Waals surface area contributed by atoms with Crippen molar-refractivity contribution in [1.29, 1.82) is 0 Å². The van der Waals surface area contributed by atoms with Crippen molar-refractivity contribution in [2.75, 3.05) is 0 Å². The standard InChI is InChI=1S/C18H19N3/c1-12-15-10-6-7-11-16(15)21-18(19-12)17(13(2)20-21)14-8-4-3-5-9-14/h3-5,8-9H,6-7,10-11H2,1-2H3. The minimum Gasteiger partial charge on any atom is -0.233 e. The Labute approximate surface area is 124 Å². The van der Waals surface area contributed by atoms with Crippen LogP contribution in [-0.2, 0) is 12.8 Å². The Bertz CT molecular complexity index is 816. The summed E-state index contributed by atoms with van der Waals surface area (Å²) >= 11 is 0. The second-order valence-corrected chi connectivity index (χ2v) is 5.89. The summed E-state index contributed by atoms with van der Waals surface area (Å²) < 4.78 is 2.10. The number of nitrogens with zero attached hydrogens (tertiary/aromatic N) is 3. The molecule has 106 valence electrons. The fraction of sp³-hybridized carbons (Fsp3) is 0.333. The fourth-order valence-electron chi connectivity index (χ4n) is 3.49. The molecule has 21 heavy (non-hydrogen) atoms. The third-order valence-corrected chi connectivity index (χ3v) is 4.50. The summed E-state index contributed by atoms with van der Waals surface area (Å²) in [5.41, 5.74) is 8.41. The lowest BCUT2D eigenvalue weighted by Crippen LogP contribution is -2.13. The normalized spacial score (nSPS) is 14.4. The maximum absolute atomic E-state index is 4.89. The Morgan fingerprint density at radius 3 is 2.52 bits per heavy atom. The first-order chi connectivity index (χ1) is 10.3. The van der Waals surface area contributed by atoms with Gasteiger partial charge < -0.3 is 0 Å². The van der Waals surface area contributed by atoms with Crippen LogP contribution in [0.2, 0.25) is 0 Å². The first-order valence-electron chi connectivity index (χ1n) is 7.69. The van der Waals surface area contributed by atoms with E-state index in [0.29, 0.717) is 0 Å². The Hall–Kier alpha value is -2.16. The van der Waals surface area contributed by atoms with E-state index in [4.69, 9.17) is 10.1 Å². The average Bonchev–Trinajstić information content (AvgIpc) is 2.85.